The molecule has 0 aliphatic rings. The molecule has 4 nitrogen and oxygen atoms in total. The molecule has 92 valence electrons. The van der Waals surface area contributed by atoms with E-state index in [1.807, 2.05) is 0 Å². The van der Waals surface area contributed by atoms with Crippen LogP contribution < -0.4 is 4.90 Å². The zero-order valence-corrected chi connectivity index (χ0v) is 9.71. The summed E-state index contributed by atoms with van der Waals surface area (Å²) >= 11 is 5.74. The highest BCUT2D eigenvalue weighted by Crippen LogP contribution is 2.32. The Morgan fingerprint density at radius 1 is 1.29 bits per heavy atom. The average molecular weight is 265 g/mol. The van der Waals surface area contributed by atoms with Crippen molar-refractivity contribution in [2.45, 2.75) is 6.18 Å². The third kappa shape index (κ3) is 2.02. The third-order valence-corrected chi connectivity index (χ3v) is 2.45. The molecule has 2 aromatic heterocycles. The van der Waals surface area contributed by atoms with Crippen LogP contribution in [0.25, 0.3) is 5.65 Å². The van der Waals surface area contributed by atoms with Crippen LogP contribution in [0.2, 0.25) is 5.02 Å². The summed E-state index contributed by atoms with van der Waals surface area (Å²) in [6.07, 6.45) is -3.53. The van der Waals surface area contributed by atoms with E-state index in [4.69, 9.17) is 11.6 Å². The Kier molecular flexibility index (Phi) is 2.65. The van der Waals surface area contributed by atoms with E-state index in [-0.39, 0.29) is 16.6 Å². The van der Waals surface area contributed by atoms with E-state index in [0.717, 1.165) is 12.3 Å². The summed E-state index contributed by atoms with van der Waals surface area (Å²) in [7, 11) is 3.31. The molecule has 2 rings (SSSR count). The zero-order valence-electron chi connectivity index (χ0n) is 8.96. The molecule has 0 bridgehead atoms. The molecule has 0 amide bonds. The van der Waals surface area contributed by atoms with Crippen molar-refractivity contribution in [3.05, 3.63) is 22.8 Å². The van der Waals surface area contributed by atoms with Gasteiger partial charge in [0.1, 0.15) is 0 Å². The van der Waals surface area contributed by atoms with Gasteiger partial charge in [0.15, 0.2) is 5.65 Å². The van der Waals surface area contributed by atoms with E-state index in [1.165, 1.54) is 4.40 Å². The van der Waals surface area contributed by atoms with E-state index >= 15 is 0 Å². The third-order valence-electron chi connectivity index (χ3n) is 2.17. The molecular formula is C9H8ClF3N4. The standard InChI is InChI=1S/C9H8ClF3N4/c1-16(2)8-15-14-7-6(10)3-5(4-17(7)8)9(11,12)13/h3-4H,1-2H3. The van der Waals surface area contributed by atoms with Gasteiger partial charge in [0.25, 0.3) is 0 Å². The van der Waals surface area contributed by atoms with Crippen LogP contribution in [0.4, 0.5) is 19.1 Å². The van der Waals surface area contributed by atoms with Gasteiger partial charge in [-0.25, -0.2) is 0 Å². The van der Waals surface area contributed by atoms with Gasteiger partial charge in [0.2, 0.25) is 5.95 Å². The number of pyridine rings is 1. The average Bonchev–Trinajstić information content (AvgIpc) is 2.60. The summed E-state index contributed by atoms with van der Waals surface area (Å²) in [5, 5.41) is 7.42. The number of aromatic nitrogens is 3. The van der Waals surface area contributed by atoms with Gasteiger partial charge in [-0.2, -0.15) is 13.2 Å². The highest BCUT2D eigenvalue weighted by Gasteiger charge is 2.32. The number of hydrogen-bond donors (Lipinski definition) is 0. The molecule has 0 atom stereocenters. The van der Waals surface area contributed by atoms with Gasteiger partial charge in [-0.15, -0.1) is 10.2 Å². The van der Waals surface area contributed by atoms with Crippen LogP contribution in [0, 0.1) is 0 Å². The highest BCUT2D eigenvalue weighted by molar-refractivity contribution is 6.33. The Bertz CT molecular complexity index is 561. The van der Waals surface area contributed by atoms with Crippen LogP contribution >= 0.6 is 11.6 Å². The van der Waals surface area contributed by atoms with Crippen LogP contribution in [-0.2, 0) is 6.18 Å². The van der Waals surface area contributed by atoms with Crippen molar-refractivity contribution >= 4 is 23.2 Å². The summed E-state index contributed by atoms with van der Waals surface area (Å²) in [5.41, 5.74) is -0.638. The van der Waals surface area contributed by atoms with Gasteiger partial charge >= 0.3 is 6.18 Å². The van der Waals surface area contributed by atoms with Gasteiger partial charge in [-0.05, 0) is 6.07 Å². The maximum Gasteiger partial charge on any atom is 0.417 e. The molecule has 0 unspecified atom stereocenters. The predicted octanol–water partition coefficient (Wildman–Crippen LogP) is 2.47. The van der Waals surface area contributed by atoms with Crippen molar-refractivity contribution in [3.63, 3.8) is 0 Å². The lowest BCUT2D eigenvalue weighted by atomic mass is 10.3. The number of fused-ring (bicyclic) bond motifs is 1. The van der Waals surface area contributed by atoms with E-state index < -0.39 is 11.7 Å². The van der Waals surface area contributed by atoms with Crippen molar-refractivity contribution in [2.24, 2.45) is 0 Å². The molecule has 0 aromatic carbocycles. The van der Waals surface area contributed by atoms with Crippen LogP contribution in [-0.4, -0.2) is 28.7 Å². The molecule has 17 heavy (non-hydrogen) atoms. The Morgan fingerprint density at radius 3 is 2.47 bits per heavy atom. The van der Waals surface area contributed by atoms with Gasteiger partial charge < -0.3 is 4.90 Å². The molecule has 0 saturated heterocycles. The minimum Gasteiger partial charge on any atom is -0.347 e. The summed E-state index contributed by atoms with van der Waals surface area (Å²) in [6.45, 7) is 0. The van der Waals surface area contributed by atoms with E-state index in [1.54, 1.807) is 19.0 Å². The first-order chi connectivity index (χ1) is 7.80. The van der Waals surface area contributed by atoms with Crippen LogP contribution in [0.15, 0.2) is 12.3 Å². The molecule has 0 aliphatic carbocycles. The molecule has 0 radical (unpaired) electrons. The van der Waals surface area contributed by atoms with Crippen LogP contribution in [0.1, 0.15) is 5.56 Å². The number of halogens is 4. The van der Waals surface area contributed by atoms with Crippen molar-refractivity contribution in [3.8, 4) is 0 Å². The summed E-state index contributed by atoms with van der Waals surface area (Å²) < 4.78 is 39.0. The lowest BCUT2D eigenvalue weighted by Gasteiger charge is -2.11. The monoisotopic (exact) mass is 264 g/mol. The van der Waals surface area contributed by atoms with Gasteiger partial charge in [0.05, 0.1) is 10.6 Å². The normalized spacial score (nSPS) is 12.1. The van der Waals surface area contributed by atoms with Gasteiger partial charge in [-0.1, -0.05) is 11.6 Å². The van der Waals surface area contributed by atoms with E-state index in [0.29, 0.717) is 0 Å². The largest absolute Gasteiger partial charge is 0.417 e. The van der Waals surface area contributed by atoms with Gasteiger partial charge in [0, 0.05) is 20.3 Å². The highest BCUT2D eigenvalue weighted by atomic mass is 35.5. The van der Waals surface area contributed by atoms with Crippen molar-refractivity contribution in [1.82, 2.24) is 14.6 Å². The summed E-state index contributed by atoms with van der Waals surface area (Å²) in [6, 6.07) is 0.838. The van der Waals surface area contributed by atoms with Crippen molar-refractivity contribution in [2.75, 3.05) is 19.0 Å². The molecule has 0 spiro atoms. The Hall–Kier alpha value is -1.50. The number of rotatable bonds is 1. The fourth-order valence-corrected chi connectivity index (χ4v) is 1.65. The predicted molar refractivity (Wildman–Crippen MR) is 57.3 cm³/mol. The van der Waals surface area contributed by atoms with Gasteiger partial charge in [-0.3, -0.25) is 4.40 Å². The second-order valence-electron chi connectivity index (χ2n) is 3.66. The molecule has 0 aliphatic heterocycles. The first kappa shape index (κ1) is 12.0. The molecule has 0 saturated carbocycles. The quantitative estimate of drug-likeness (QED) is 0.793. The fourth-order valence-electron chi connectivity index (χ4n) is 1.40. The summed E-state index contributed by atoms with van der Waals surface area (Å²) in [5.74, 6) is 0.285. The molecule has 8 heteroatoms. The Balaban J connectivity index is 2.74. The molecule has 2 heterocycles. The number of anilines is 1. The Morgan fingerprint density at radius 2 is 1.94 bits per heavy atom. The molecule has 0 N–H and O–H groups in total. The number of alkyl halides is 3. The zero-order chi connectivity index (χ0) is 12.8. The minimum atomic E-state index is -4.45. The number of hydrogen-bond acceptors (Lipinski definition) is 3. The number of nitrogens with zero attached hydrogens (tertiary/aromatic N) is 4. The first-order valence-electron chi connectivity index (χ1n) is 4.59. The second kappa shape index (κ2) is 3.76. The van der Waals surface area contributed by atoms with E-state index in [9.17, 15) is 13.2 Å². The SMILES string of the molecule is CN(C)c1nnc2c(Cl)cc(C(F)(F)F)cn12. The minimum absolute atomic E-state index is 0.0829. The lowest BCUT2D eigenvalue weighted by molar-refractivity contribution is -0.137. The lowest BCUT2D eigenvalue weighted by Crippen LogP contribution is -2.14. The van der Waals surface area contributed by atoms with Crippen LogP contribution in [0.5, 0.6) is 0 Å². The second-order valence-corrected chi connectivity index (χ2v) is 4.07. The molecule has 0 fully saturated rings. The summed E-state index contributed by atoms with van der Waals surface area (Å²) in [4.78, 5) is 1.55. The first-order valence-corrected chi connectivity index (χ1v) is 4.97. The van der Waals surface area contributed by atoms with E-state index in [2.05, 4.69) is 10.2 Å². The van der Waals surface area contributed by atoms with Crippen LogP contribution in [0.3, 0.4) is 0 Å². The van der Waals surface area contributed by atoms with Crippen molar-refractivity contribution in [1.29, 1.82) is 0 Å². The molecule has 2 aromatic rings. The smallest absolute Gasteiger partial charge is 0.347 e. The maximum absolute atomic E-state index is 12.6. The topological polar surface area (TPSA) is 33.4 Å². The fraction of sp³-hybridized carbons (Fsp3) is 0.333. The maximum atomic E-state index is 12.6. The Labute approximate surface area is 99.6 Å². The van der Waals surface area contributed by atoms with Crippen molar-refractivity contribution < 1.29 is 13.2 Å². The molecular weight excluding hydrogens is 257 g/mol.